The first-order valence-electron chi connectivity index (χ1n) is 5.67. The Morgan fingerprint density at radius 3 is 2.82 bits per heavy atom. The van der Waals surface area contributed by atoms with E-state index in [4.69, 9.17) is 5.11 Å². The van der Waals surface area contributed by atoms with Crippen molar-refractivity contribution in [2.75, 3.05) is 0 Å². The lowest BCUT2D eigenvalue weighted by molar-refractivity contribution is -0.138. The minimum atomic E-state index is -0.847. The van der Waals surface area contributed by atoms with Crippen molar-refractivity contribution in [3.8, 4) is 0 Å². The number of benzene rings is 1. The SMILES string of the molecule is CC(CC1CC1C(=O)O)c1cccc(F)c1F. The minimum Gasteiger partial charge on any atom is -0.481 e. The first-order chi connectivity index (χ1) is 8.00. The van der Waals surface area contributed by atoms with Crippen LogP contribution >= 0.6 is 0 Å². The van der Waals surface area contributed by atoms with Gasteiger partial charge in [-0.05, 0) is 36.3 Å². The molecule has 0 aromatic heterocycles. The Morgan fingerprint density at radius 2 is 2.24 bits per heavy atom. The number of carbonyl (C=O) groups is 1. The van der Waals surface area contributed by atoms with Crippen LogP contribution in [0.15, 0.2) is 18.2 Å². The van der Waals surface area contributed by atoms with Gasteiger partial charge in [0.1, 0.15) is 0 Å². The van der Waals surface area contributed by atoms with Crippen molar-refractivity contribution in [2.24, 2.45) is 11.8 Å². The van der Waals surface area contributed by atoms with E-state index in [-0.39, 0.29) is 17.8 Å². The molecule has 0 saturated heterocycles. The van der Waals surface area contributed by atoms with Crippen molar-refractivity contribution >= 4 is 5.97 Å². The average Bonchev–Trinajstić information content (AvgIpc) is 3.01. The average molecular weight is 240 g/mol. The summed E-state index contributed by atoms with van der Waals surface area (Å²) >= 11 is 0. The van der Waals surface area contributed by atoms with Crippen molar-refractivity contribution in [3.05, 3.63) is 35.4 Å². The Kier molecular flexibility index (Phi) is 3.13. The third kappa shape index (κ3) is 2.46. The standard InChI is InChI=1S/C13H14F2O2/c1-7(5-8-6-10(8)13(16)17)9-3-2-4-11(14)12(9)15/h2-4,7-8,10H,5-6H2,1H3,(H,16,17). The van der Waals surface area contributed by atoms with Crippen molar-refractivity contribution in [3.63, 3.8) is 0 Å². The van der Waals surface area contributed by atoms with Crippen LogP contribution in [0.4, 0.5) is 8.78 Å². The van der Waals surface area contributed by atoms with E-state index in [0.717, 1.165) is 6.07 Å². The van der Waals surface area contributed by atoms with E-state index in [9.17, 15) is 13.6 Å². The predicted octanol–water partition coefficient (Wildman–Crippen LogP) is 3.18. The van der Waals surface area contributed by atoms with Gasteiger partial charge < -0.3 is 5.11 Å². The quantitative estimate of drug-likeness (QED) is 0.877. The third-order valence-electron chi connectivity index (χ3n) is 3.41. The van der Waals surface area contributed by atoms with E-state index in [0.29, 0.717) is 18.4 Å². The highest BCUT2D eigenvalue weighted by atomic mass is 19.2. The Hall–Kier alpha value is -1.45. The fourth-order valence-electron chi connectivity index (χ4n) is 2.29. The van der Waals surface area contributed by atoms with Gasteiger partial charge in [-0.2, -0.15) is 0 Å². The van der Waals surface area contributed by atoms with E-state index in [1.54, 1.807) is 13.0 Å². The molecule has 1 aliphatic rings. The number of carboxylic acids is 1. The molecule has 1 aromatic rings. The van der Waals surface area contributed by atoms with Gasteiger partial charge in [-0.15, -0.1) is 0 Å². The molecule has 0 amide bonds. The Labute approximate surface area is 98.3 Å². The zero-order valence-electron chi connectivity index (χ0n) is 9.49. The van der Waals surface area contributed by atoms with Gasteiger partial charge in [0, 0.05) is 0 Å². The summed E-state index contributed by atoms with van der Waals surface area (Å²) in [6.45, 7) is 1.80. The normalized spacial score (nSPS) is 24.4. The van der Waals surface area contributed by atoms with Gasteiger partial charge in [-0.25, -0.2) is 8.78 Å². The molecule has 1 N–H and O–H groups in total. The predicted molar refractivity (Wildman–Crippen MR) is 58.6 cm³/mol. The zero-order valence-corrected chi connectivity index (χ0v) is 9.49. The lowest BCUT2D eigenvalue weighted by Crippen LogP contribution is -2.04. The third-order valence-corrected chi connectivity index (χ3v) is 3.41. The van der Waals surface area contributed by atoms with Crippen molar-refractivity contribution in [1.29, 1.82) is 0 Å². The molecule has 3 atom stereocenters. The van der Waals surface area contributed by atoms with Gasteiger partial charge >= 0.3 is 5.97 Å². The summed E-state index contributed by atoms with van der Waals surface area (Å²) in [5, 5.41) is 8.77. The minimum absolute atomic E-state index is 0.102. The van der Waals surface area contributed by atoms with Gasteiger partial charge in [-0.3, -0.25) is 4.79 Å². The van der Waals surface area contributed by atoms with Crippen LogP contribution in [0.1, 0.15) is 31.2 Å². The molecule has 1 aliphatic carbocycles. The molecule has 1 fully saturated rings. The summed E-state index contributed by atoms with van der Waals surface area (Å²) in [5.74, 6) is -2.80. The first kappa shape index (κ1) is 12.0. The topological polar surface area (TPSA) is 37.3 Å². The molecule has 0 aliphatic heterocycles. The number of aliphatic carboxylic acids is 1. The van der Waals surface area contributed by atoms with Crippen molar-refractivity contribution in [1.82, 2.24) is 0 Å². The first-order valence-corrected chi connectivity index (χ1v) is 5.67. The number of halogens is 2. The van der Waals surface area contributed by atoms with Crippen LogP contribution in [0.5, 0.6) is 0 Å². The van der Waals surface area contributed by atoms with E-state index >= 15 is 0 Å². The molecule has 0 radical (unpaired) electrons. The number of hydrogen-bond acceptors (Lipinski definition) is 1. The van der Waals surface area contributed by atoms with Crippen molar-refractivity contribution < 1.29 is 18.7 Å². The monoisotopic (exact) mass is 240 g/mol. The second-order valence-corrected chi connectivity index (χ2v) is 4.72. The van der Waals surface area contributed by atoms with Crippen LogP contribution in [-0.2, 0) is 4.79 Å². The molecule has 1 aromatic carbocycles. The summed E-state index contributed by atoms with van der Waals surface area (Å²) in [6.07, 6.45) is 1.24. The molecule has 0 spiro atoms. The van der Waals surface area contributed by atoms with Gasteiger partial charge in [0.05, 0.1) is 5.92 Å². The second kappa shape index (κ2) is 4.43. The number of rotatable bonds is 4. The second-order valence-electron chi connectivity index (χ2n) is 4.72. The Morgan fingerprint density at radius 1 is 1.53 bits per heavy atom. The molecule has 0 bridgehead atoms. The molecule has 2 nitrogen and oxygen atoms in total. The largest absolute Gasteiger partial charge is 0.481 e. The maximum atomic E-state index is 13.5. The molecule has 92 valence electrons. The van der Waals surface area contributed by atoms with Gasteiger partial charge in [0.2, 0.25) is 0 Å². The van der Waals surface area contributed by atoms with E-state index < -0.39 is 17.6 Å². The van der Waals surface area contributed by atoms with E-state index in [2.05, 4.69) is 0 Å². The summed E-state index contributed by atoms with van der Waals surface area (Å²) in [4.78, 5) is 10.7. The lowest BCUT2D eigenvalue weighted by atomic mass is 9.94. The summed E-state index contributed by atoms with van der Waals surface area (Å²) in [5.41, 5.74) is 0.334. The van der Waals surface area contributed by atoms with E-state index in [1.807, 2.05) is 0 Å². The highest BCUT2D eigenvalue weighted by molar-refractivity contribution is 5.73. The van der Waals surface area contributed by atoms with Crippen LogP contribution in [0.25, 0.3) is 0 Å². The maximum Gasteiger partial charge on any atom is 0.306 e. The van der Waals surface area contributed by atoms with Crippen molar-refractivity contribution in [2.45, 2.75) is 25.7 Å². The van der Waals surface area contributed by atoms with Crippen LogP contribution in [0.2, 0.25) is 0 Å². The number of carboxylic acid groups (broad SMARTS) is 1. The van der Waals surface area contributed by atoms with Crippen LogP contribution in [0, 0.1) is 23.5 Å². The molecule has 0 heterocycles. The Balaban J connectivity index is 2.03. The summed E-state index contributed by atoms with van der Waals surface area (Å²) in [7, 11) is 0. The summed E-state index contributed by atoms with van der Waals surface area (Å²) in [6, 6.07) is 4.12. The van der Waals surface area contributed by atoms with Crippen LogP contribution in [-0.4, -0.2) is 11.1 Å². The fourth-order valence-corrected chi connectivity index (χ4v) is 2.29. The number of hydrogen-bond donors (Lipinski definition) is 1. The maximum absolute atomic E-state index is 13.5. The molecular weight excluding hydrogens is 226 g/mol. The molecular formula is C13H14F2O2. The van der Waals surface area contributed by atoms with Crippen LogP contribution in [0.3, 0.4) is 0 Å². The highest BCUT2D eigenvalue weighted by Gasteiger charge is 2.43. The molecule has 1 saturated carbocycles. The summed E-state index contributed by atoms with van der Waals surface area (Å²) < 4.78 is 26.5. The molecule has 4 heteroatoms. The lowest BCUT2D eigenvalue weighted by Gasteiger charge is -2.12. The Bertz CT molecular complexity index is 445. The fraction of sp³-hybridized carbons (Fsp3) is 0.462. The molecule has 2 rings (SSSR count). The molecule has 3 unspecified atom stereocenters. The highest BCUT2D eigenvalue weighted by Crippen LogP contribution is 2.45. The smallest absolute Gasteiger partial charge is 0.306 e. The molecule has 17 heavy (non-hydrogen) atoms. The van der Waals surface area contributed by atoms with Crippen LogP contribution < -0.4 is 0 Å². The van der Waals surface area contributed by atoms with E-state index in [1.165, 1.54) is 6.07 Å². The van der Waals surface area contributed by atoms with Gasteiger partial charge in [0.25, 0.3) is 0 Å². The van der Waals surface area contributed by atoms with Gasteiger partial charge in [-0.1, -0.05) is 19.1 Å². The zero-order chi connectivity index (χ0) is 12.6. The van der Waals surface area contributed by atoms with Gasteiger partial charge in [0.15, 0.2) is 11.6 Å².